The molecule has 0 saturated heterocycles. The predicted octanol–water partition coefficient (Wildman–Crippen LogP) is 5.53. The Morgan fingerprint density at radius 2 is 1.67 bits per heavy atom. The van der Waals surface area contributed by atoms with Crippen molar-refractivity contribution >= 4 is 63.9 Å². The molecule has 1 atom stereocenters. The van der Waals surface area contributed by atoms with Crippen LogP contribution in [0.15, 0.2) is 24.3 Å². The second-order valence-corrected chi connectivity index (χ2v) is 7.77. The van der Waals surface area contributed by atoms with E-state index in [1.165, 1.54) is 0 Å². The maximum absolute atomic E-state index is 12.5. The molecule has 0 bridgehead atoms. The van der Waals surface area contributed by atoms with Crippen molar-refractivity contribution in [2.75, 3.05) is 5.32 Å². The number of hydrogen-bond donors (Lipinski definition) is 2. The number of hydrogen-bond acceptors (Lipinski definition) is 3. The summed E-state index contributed by atoms with van der Waals surface area (Å²) in [7, 11) is 0. The summed E-state index contributed by atoms with van der Waals surface area (Å²) < 4.78 is 0. The smallest absolute Gasteiger partial charge is 0.272 e. The van der Waals surface area contributed by atoms with Crippen molar-refractivity contribution in [1.29, 1.82) is 0 Å². The summed E-state index contributed by atoms with van der Waals surface area (Å²) in [6.45, 7) is 1.81. The van der Waals surface area contributed by atoms with Gasteiger partial charge in [-0.15, -0.1) is 0 Å². The molecule has 1 unspecified atom stereocenters. The van der Waals surface area contributed by atoms with Crippen LogP contribution in [0.25, 0.3) is 0 Å². The number of carbonyl (C=O) groups is 2. The van der Waals surface area contributed by atoms with Crippen molar-refractivity contribution in [2.24, 2.45) is 5.92 Å². The molecule has 1 heterocycles. The van der Waals surface area contributed by atoms with E-state index in [1.54, 1.807) is 12.1 Å². The van der Waals surface area contributed by atoms with Gasteiger partial charge in [0.2, 0.25) is 5.91 Å². The lowest BCUT2D eigenvalue weighted by Crippen LogP contribution is -2.28. The summed E-state index contributed by atoms with van der Waals surface area (Å²) in [5.41, 5.74) is 1.46. The van der Waals surface area contributed by atoms with Crippen molar-refractivity contribution in [3.05, 3.63) is 55.7 Å². The van der Waals surface area contributed by atoms with Gasteiger partial charge in [-0.25, -0.2) is 4.98 Å². The van der Waals surface area contributed by atoms with Gasteiger partial charge < -0.3 is 10.6 Å². The van der Waals surface area contributed by atoms with E-state index < -0.39 is 5.91 Å². The second-order valence-electron chi connectivity index (χ2n) is 6.27. The molecule has 0 spiro atoms. The number of pyridine rings is 1. The maximum atomic E-state index is 12.5. The molecule has 0 aliphatic heterocycles. The molecule has 5 nitrogen and oxygen atoms in total. The average molecular weight is 447 g/mol. The second kappa shape index (κ2) is 8.23. The van der Waals surface area contributed by atoms with Crippen LogP contribution in [0.1, 0.15) is 41.9 Å². The molecule has 2 N–H and O–H groups in total. The first kappa shape index (κ1) is 20.2. The summed E-state index contributed by atoms with van der Waals surface area (Å²) >= 11 is 23.8. The lowest BCUT2D eigenvalue weighted by atomic mass is 10.1. The Morgan fingerprint density at radius 1 is 1.04 bits per heavy atom. The van der Waals surface area contributed by atoms with Crippen LogP contribution >= 0.6 is 46.4 Å². The zero-order valence-corrected chi connectivity index (χ0v) is 17.2. The van der Waals surface area contributed by atoms with E-state index in [4.69, 9.17) is 46.4 Å². The van der Waals surface area contributed by atoms with E-state index in [0.717, 1.165) is 24.1 Å². The van der Waals surface area contributed by atoms with Crippen molar-refractivity contribution < 1.29 is 9.59 Å². The van der Waals surface area contributed by atoms with Crippen molar-refractivity contribution in [3.8, 4) is 0 Å². The standard InChI is InChI=1S/C18H15Cl4N3O2/c1-8(9-4-6-11(7-5-9)24-17(26)10-2-3-10)23-18(27)15-13(20)12(19)14(21)16(22)25-15/h4-8,10H,2-3H2,1H3,(H,23,27)(H,24,26). The lowest BCUT2D eigenvalue weighted by Gasteiger charge is -2.16. The number of nitrogens with zero attached hydrogens (tertiary/aromatic N) is 1. The van der Waals surface area contributed by atoms with Gasteiger partial charge in [-0.2, -0.15) is 0 Å². The molecule has 27 heavy (non-hydrogen) atoms. The number of anilines is 1. The zero-order valence-electron chi connectivity index (χ0n) is 14.2. The fourth-order valence-electron chi connectivity index (χ4n) is 2.43. The highest BCUT2D eigenvalue weighted by molar-refractivity contribution is 6.52. The molecule has 0 radical (unpaired) electrons. The monoisotopic (exact) mass is 445 g/mol. The molecule has 1 aromatic heterocycles. The molecule has 3 rings (SSSR count). The Labute approximate surface area is 176 Å². The number of halogens is 4. The number of rotatable bonds is 5. The summed E-state index contributed by atoms with van der Waals surface area (Å²) in [4.78, 5) is 28.2. The number of aromatic nitrogens is 1. The van der Waals surface area contributed by atoms with Gasteiger partial charge in [0.15, 0.2) is 0 Å². The maximum Gasteiger partial charge on any atom is 0.272 e. The minimum absolute atomic E-state index is 0.00300. The van der Waals surface area contributed by atoms with E-state index >= 15 is 0 Å². The van der Waals surface area contributed by atoms with Crippen molar-refractivity contribution in [1.82, 2.24) is 10.3 Å². The minimum atomic E-state index is -0.529. The highest BCUT2D eigenvalue weighted by atomic mass is 35.5. The fourth-order valence-corrected chi connectivity index (χ4v) is 3.25. The van der Waals surface area contributed by atoms with Gasteiger partial charge in [0.1, 0.15) is 10.8 Å². The molecule has 2 amide bonds. The molecule has 2 aromatic rings. The van der Waals surface area contributed by atoms with E-state index in [1.807, 2.05) is 19.1 Å². The first-order chi connectivity index (χ1) is 12.8. The SMILES string of the molecule is CC(NC(=O)c1nc(Cl)c(Cl)c(Cl)c1Cl)c1ccc(NC(=O)C2CC2)cc1. The molecular formula is C18H15Cl4N3O2. The van der Waals surface area contributed by atoms with E-state index in [-0.39, 0.29) is 43.8 Å². The lowest BCUT2D eigenvalue weighted by molar-refractivity contribution is -0.117. The summed E-state index contributed by atoms with van der Waals surface area (Å²) in [5, 5.41) is 5.47. The molecule has 9 heteroatoms. The number of amides is 2. The Morgan fingerprint density at radius 3 is 2.26 bits per heavy atom. The first-order valence-corrected chi connectivity index (χ1v) is 9.70. The summed E-state index contributed by atoms with van der Waals surface area (Å²) in [6, 6.07) is 6.89. The van der Waals surface area contributed by atoms with Crippen LogP contribution in [0.5, 0.6) is 0 Å². The molecule has 142 valence electrons. The van der Waals surface area contributed by atoms with Gasteiger partial charge >= 0.3 is 0 Å². The predicted molar refractivity (Wildman–Crippen MR) is 108 cm³/mol. The highest BCUT2D eigenvalue weighted by Gasteiger charge is 2.29. The third kappa shape index (κ3) is 4.66. The van der Waals surface area contributed by atoms with E-state index in [2.05, 4.69) is 15.6 Å². The van der Waals surface area contributed by atoms with Crippen LogP contribution in [0.2, 0.25) is 20.2 Å². The minimum Gasteiger partial charge on any atom is -0.344 e. The highest BCUT2D eigenvalue weighted by Crippen LogP contribution is 2.36. The third-order valence-electron chi connectivity index (χ3n) is 4.17. The molecular weight excluding hydrogens is 432 g/mol. The largest absolute Gasteiger partial charge is 0.344 e. The number of benzene rings is 1. The first-order valence-electron chi connectivity index (χ1n) is 8.19. The Kier molecular flexibility index (Phi) is 6.16. The van der Waals surface area contributed by atoms with Crippen molar-refractivity contribution in [2.45, 2.75) is 25.8 Å². The van der Waals surface area contributed by atoms with Crippen LogP contribution in [-0.2, 0) is 4.79 Å². The van der Waals surface area contributed by atoms with Crippen molar-refractivity contribution in [3.63, 3.8) is 0 Å². The van der Waals surface area contributed by atoms with Gasteiger partial charge in [0.25, 0.3) is 5.91 Å². The van der Waals surface area contributed by atoms with Crippen LogP contribution in [0.3, 0.4) is 0 Å². The summed E-state index contributed by atoms with van der Waals surface area (Å²) in [5.74, 6) is -0.349. The molecule has 1 aromatic carbocycles. The van der Waals surface area contributed by atoms with Crippen LogP contribution in [0.4, 0.5) is 5.69 Å². The van der Waals surface area contributed by atoms with Crippen LogP contribution in [-0.4, -0.2) is 16.8 Å². The Bertz CT molecular complexity index is 898. The zero-order chi connectivity index (χ0) is 19.7. The molecule has 1 fully saturated rings. The average Bonchev–Trinajstić information content (AvgIpc) is 3.48. The quantitative estimate of drug-likeness (QED) is 0.592. The summed E-state index contributed by atoms with van der Waals surface area (Å²) in [6.07, 6.45) is 1.89. The van der Waals surface area contributed by atoms with Crippen LogP contribution in [0, 0.1) is 5.92 Å². The number of nitrogens with one attached hydrogen (secondary N) is 2. The number of carbonyl (C=O) groups excluding carboxylic acids is 2. The van der Waals surface area contributed by atoms with Gasteiger partial charge in [-0.1, -0.05) is 58.5 Å². The van der Waals surface area contributed by atoms with Gasteiger partial charge in [-0.05, 0) is 37.5 Å². The normalized spacial score (nSPS) is 14.6. The fraction of sp³-hybridized carbons (Fsp3) is 0.278. The van der Waals surface area contributed by atoms with Gasteiger partial charge in [0, 0.05) is 11.6 Å². The van der Waals surface area contributed by atoms with E-state index in [9.17, 15) is 9.59 Å². The van der Waals surface area contributed by atoms with Gasteiger partial charge in [0.05, 0.1) is 21.1 Å². The Hall–Kier alpha value is -1.53. The van der Waals surface area contributed by atoms with Gasteiger partial charge in [-0.3, -0.25) is 9.59 Å². The molecule has 1 aliphatic rings. The topological polar surface area (TPSA) is 71.1 Å². The molecule has 1 saturated carbocycles. The Balaban J connectivity index is 1.68. The third-order valence-corrected chi connectivity index (χ3v) is 5.85. The van der Waals surface area contributed by atoms with Crippen LogP contribution < -0.4 is 10.6 Å². The molecule has 1 aliphatic carbocycles. The van der Waals surface area contributed by atoms with E-state index in [0.29, 0.717) is 0 Å².